The molecule has 11 aromatic rings. The van der Waals surface area contributed by atoms with Gasteiger partial charge in [-0.1, -0.05) is 47.5 Å². The van der Waals surface area contributed by atoms with Crippen molar-refractivity contribution >= 4 is 121 Å². The van der Waals surface area contributed by atoms with Gasteiger partial charge in [-0.05, 0) is 106 Å². The van der Waals surface area contributed by atoms with Crippen LogP contribution in [0.5, 0.6) is 0 Å². The second-order valence-electron chi connectivity index (χ2n) is 12.5. The molecule has 8 heteroatoms. The van der Waals surface area contributed by atoms with Crippen molar-refractivity contribution in [3.05, 3.63) is 115 Å². The molecule has 0 fully saturated rings. The molecule has 0 saturated carbocycles. The summed E-state index contributed by atoms with van der Waals surface area (Å²) in [6.45, 7) is 3.88. The van der Waals surface area contributed by atoms with Gasteiger partial charge in [0.1, 0.15) is 11.3 Å². The lowest BCUT2D eigenvalue weighted by Crippen LogP contribution is -2.14. The Hall–Kier alpha value is -5.30. The number of rotatable bonds is 0. The molecule has 7 aromatic carbocycles. The summed E-state index contributed by atoms with van der Waals surface area (Å²) in [7, 11) is 0. The minimum Gasteiger partial charge on any atom is -0.268 e. The van der Waals surface area contributed by atoms with Crippen LogP contribution in [0.3, 0.4) is 0 Å². The van der Waals surface area contributed by atoms with Gasteiger partial charge in [0.25, 0.3) is 11.1 Å². The topological polar surface area (TPSA) is 68.7 Å². The van der Waals surface area contributed by atoms with Crippen LogP contribution in [0.1, 0.15) is 11.1 Å². The fourth-order valence-electron chi connectivity index (χ4n) is 8.04. The minimum atomic E-state index is -0.121. The van der Waals surface area contributed by atoms with Crippen LogP contribution in [0.25, 0.3) is 98.0 Å². The number of pyridine rings is 2. The van der Waals surface area contributed by atoms with E-state index in [1.807, 2.05) is 62.4 Å². The highest BCUT2D eigenvalue weighted by atomic mass is 35.5. The molecule has 0 bridgehead atoms. The number of aryl methyl sites for hydroxylation is 2. The molecule has 0 unspecified atom stereocenters. The third-order valence-corrected chi connectivity index (χ3v) is 10.9. The molecule has 11 rings (SSSR count). The zero-order chi connectivity index (χ0) is 30.9. The minimum absolute atomic E-state index is 0.121. The molecule has 0 aliphatic carbocycles. The van der Waals surface area contributed by atoms with Gasteiger partial charge >= 0.3 is 0 Å². The molecule has 0 saturated heterocycles. The number of aromatic nitrogens is 4. The summed E-state index contributed by atoms with van der Waals surface area (Å²) in [6, 6.07) is 23.9. The quantitative estimate of drug-likeness (QED) is 0.123. The van der Waals surface area contributed by atoms with Gasteiger partial charge in [0, 0.05) is 42.4 Å². The highest BCUT2D eigenvalue weighted by Gasteiger charge is 2.24. The molecule has 6 nitrogen and oxygen atoms in total. The monoisotopic (exact) mass is 632 g/mol. The van der Waals surface area contributed by atoms with E-state index in [2.05, 4.69) is 24.3 Å². The van der Waals surface area contributed by atoms with Crippen molar-refractivity contribution < 1.29 is 0 Å². The van der Waals surface area contributed by atoms with Gasteiger partial charge in [-0.15, -0.1) is 0 Å². The lowest BCUT2D eigenvalue weighted by molar-refractivity contribution is 1.19. The largest absolute Gasteiger partial charge is 0.268 e. The van der Waals surface area contributed by atoms with Gasteiger partial charge in [-0.2, -0.15) is 0 Å². The Morgan fingerprint density at radius 1 is 0.478 bits per heavy atom. The summed E-state index contributed by atoms with van der Waals surface area (Å²) in [4.78, 5) is 38.2. The molecule has 0 spiro atoms. The van der Waals surface area contributed by atoms with Crippen LogP contribution in [0.15, 0.2) is 82.4 Å². The zero-order valence-corrected chi connectivity index (χ0v) is 25.8. The molecule has 4 aromatic heterocycles. The molecule has 0 N–H and O–H groups in total. The zero-order valence-electron chi connectivity index (χ0n) is 24.3. The third kappa shape index (κ3) is 2.70. The van der Waals surface area contributed by atoms with Crippen molar-refractivity contribution in [2.24, 2.45) is 0 Å². The number of benzene rings is 7. The summed E-state index contributed by atoms with van der Waals surface area (Å²) in [5.74, 6) is 0. The van der Waals surface area contributed by atoms with E-state index in [-0.39, 0.29) is 11.1 Å². The van der Waals surface area contributed by atoms with Crippen LogP contribution >= 0.6 is 23.2 Å². The van der Waals surface area contributed by atoms with Crippen LogP contribution in [-0.4, -0.2) is 18.8 Å². The fraction of sp³-hybridized carbons (Fsp3) is 0.0526. The smallest absolute Gasteiger partial charge is 0.264 e. The van der Waals surface area contributed by atoms with Crippen LogP contribution in [-0.2, 0) is 0 Å². The Kier molecular flexibility index (Phi) is 4.29. The van der Waals surface area contributed by atoms with E-state index in [9.17, 15) is 9.59 Å². The van der Waals surface area contributed by atoms with Crippen LogP contribution < -0.4 is 11.1 Å². The van der Waals surface area contributed by atoms with Gasteiger partial charge in [0.05, 0.1) is 22.1 Å². The van der Waals surface area contributed by atoms with Crippen LogP contribution in [0, 0.1) is 13.8 Å². The molecule has 0 aliphatic rings. The van der Waals surface area contributed by atoms with E-state index >= 15 is 0 Å². The van der Waals surface area contributed by atoms with E-state index in [4.69, 9.17) is 33.2 Å². The van der Waals surface area contributed by atoms with Crippen molar-refractivity contribution in [3.8, 4) is 0 Å². The number of fused-ring (bicyclic) bond motifs is 10. The summed E-state index contributed by atoms with van der Waals surface area (Å²) < 4.78 is 3.38. The van der Waals surface area contributed by atoms with Gasteiger partial charge in [-0.3, -0.25) is 18.4 Å². The molecule has 0 radical (unpaired) electrons. The molecule has 4 heterocycles. The molecular formula is C38H18Cl2N4O2. The van der Waals surface area contributed by atoms with Crippen molar-refractivity contribution in [1.29, 1.82) is 0 Å². The SMILES string of the molecule is Cc1cc2nc3c4ccc5c6ccc7c(=O)n8c9cc(Cl)c(C)cc9nc8c8ccc(c9ccc(c(=O)n3c2cc1Cl)c4c95)c6c78. The van der Waals surface area contributed by atoms with Gasteiger partial charge in [0.2, 0.25) is 0 Å². The lowest BCUT2D eigenvalue weighted by Gasteiger charge is -2.18. The van der Waals surface area contributed by atoms with E-state index in [1.54, 1.807) is 8.80 Å². The van der Waals surface area contributed by atoms with Gasteiger partial charge < -0.3 is 0 Å². The Morgan fingerprint density at radius 3 is 1.20 bits per heavy atom. The number of hydrogen-bond donors (Lipinski definition) is 0. The van der Waals surface area contributed by atoms with Crippen LogP contribution in [0.2, 0.25) is 10.0 Å². The highest BCUT2D eigenvalue weighted by molar-refractivity contribution is 6.41. The number of halogens is 2. The number of nitrogens with zero attached hydrogens (tertiary/aromatic N) is 4. The third-order valence-electron chi connectivity index (χ3n) is 10.1. The van der Waals surface area contributed by atoms with E-state index in [1.165, 1.54) is 0 Å². The molecule has 216 valence electrons. The molecule has 0 atom stereocenters. The Morgan fingerprint density at radius 2 is 0.804 bits per heavy atom. The summed E-state index contributed by atoms with van der Waals surface area (Å²) in [6.07, 6.45) is 0. The first-order valence-electron chi connectivity index (χ1n) is 15.0. The maximum atomic E-state index is 14.2. The van der Waals surface area contributed by atoms with Crippen molar-refractivity contribution in [2.75, 3.05) is 0 Å². The molecular weight excluding hydrogens is 615 g/mol. The fourth-order valence-corrected chi connectivity index (χ4v) is 8.35. The predicted molar refractivity (Wildman–Crippen MR) is 190 cm³/mol. The van der Waals surface area contributed by atoms with Crippen molar-refractivity contribution in [1.82, 2.24) is 18.8 Å². The second kappa shape index (κ2) is 7.91. The van der Waals surface area contributed by atoms with Crippen LogP contribution in [0.4, 0.5) is 0 Å². The predicted octanol–water partition coefficient (Wildman–Crippen LogP) is 9.17. The first kappa shape index (κ1) is 25.0. The normalized spacial score (nSPS) is 13.0. The van der Waals surface area contributed by atoms with E-state index in [0.29, 0.717) is 43.1 Å². The van der Waals surface area contributed by atoms with Gasteiger partial charge in [0.15, 0.2) is 0 Å². The molecule has 46 heavy (non-hydrogen) atoms. The number of imidazole rings is 2. The number of hydrogen-bond acceptors (Lipinski definition) is 4. The van der Waals surface area contributed by atoms with Crippen molar-refractivity contribution in [2.45, 2.75) is 13.8 Å². The first-order chi connectivity index (χ1) is 22.3. The Balaban J connectivity index is 1.35. The lowest BCUT2D eigenvalue weighted by atomic mass is 9.86. The van der Waals surface area contributed by atoms with E-state index in [0.717, 1.165) is 76.0 Å². The van der Waals surface area contributed by atoms with Crippen molar-refractivity contribution in [3.63, 3.8) is 0 Å². The average molecular weight is 633 g/mol. The second-order valence-corrected chi connectivity index (χ2v) is 13.3. The standard InChI is InChI=1S/C38H18Cl2N4O2/c1-15-11-27-29(13-25(15)39)43-35(41-27)21-7-3-17-20-6-10-24-34-22(36-42-28-12-16(2)26(40)14-30(28)44(36)38(24)46)8-4-18(32(20)34)19-5-9-23(37(43)45)33(21)31(17)19/h3-14H,1-2H3. The first-order valence-corrected chi connectivity index (χ1v) is 15.7. The van der Waals surface area contributed by atoms with E-state index < -0.39 is 0 Å². The molecule has 0 aliphatic heterocycles. The Labute approximate surface area is 267 Å². The van der Waals surface area contributed by atoms with Gasteiger partial charge in [-0.25, -0.2) is 9.97 Å². The Bertz CT molecular complexity index is 3100. The maximum absolute atomic E-state index is 14.2. The maximum Gasteiger partial charge on any atom is 0.264 e. The average Bonchev–Trinajstić information content (AvgIpc) is 3.60. The summed E-state index contributed by atoms with van der Waals surface area (Å²) >= 11 is 13.0. The highest BCUT2D eigenvalue weighted by Crippen LogP contribution is 2.46. The molecule has 0 amide bonds. The summed E-state index contributed by atoms with van der Waals surface area (Å²) in [5.41, 5.74) is 5.70. The summed E-state index contributed by atoms with van der Waals surface area (Å²) in [5, 5.41) is 12.2.